The first-order valence-corrected chi connectivity index (χ1v) is 7.14. The van der Waals surface area contributed by atoms with E-state index in [1.807, 2.05) is 6.26 Å². The molecule has 0 aliphatic carbocycles. The number of aromatic nitrogens is 2. The minimum atomic E-state index is -1.04. The van der Waals surface area contributed by atoms with Crippen LogP contribution in [0.25, 0.3) is 0 Å². The van der Waals surface area contributed by atoms with Gasteiger partial charge in [-0.05, 0) is 25.4 Å². The zero-order chi connectivity index (χ0) is 14.4. The summed E-state index contributed by atoms with van der Waals surface area (Å²) in [5.74, 6) is -0.403. The van der Waals surface area contributed by atoms with E-state index in [1.165, 1.54) is 16.4 Å². The van der Waals surface area contributed by atoms with E-state index in [0.717, 1.165) is 0 Å². The molecule has 1 atom stereocenters. The van der Waals surface area contributed by atoms with Crippen LogP contribution in [0.1, 0.15) is 12.1 Å². The van der Waals surface area contributed by atoms with Gasteiger partial charge in [0, 0.05) is 6.07 Å². The number of thioether (sulfide) groups is 1. The van der Waals surface area contributed by atoms with Crippen LogP contribution >= 0.6 is 11.8 Å². The molecule has 1 aromatic heterocycles. The molecule has 1 unspecified atom stereocenters. The van der Waals surface area contributed by atoms with Gasteiger partial charge in [0.2, 0.25) is 5.91 Å². The molecule has 0 aliphatic heterocycles. The van der Waals surface area contributed by atoms with Crippen molar-refractivity contribution in [3.63, 3.8) is 0 Å². The van der Waals surface area contributed by atoms with E-state index in [1.54, 1.807) is 13.0 Å². The molecule has 19 heavy (non-hydrogen) atoms. The number of carbonyl (C=O) groups is 2. The number of amides is 1. The Morgan fingerprint density at radius 3 is 2.79 bits per heavy atom. The predicted octanol–water partition coefficient (Wildman–Crippen LogP) is 0.0962. The van der Waals surface area contributed by atoms with Crippen molar-refractivity contribution in [2.45, 2.75) is 25.9 Å². The van der Waals surface area contributed by atoms with Crippen LogP contribution in [-0.2, 0) is 16.1 Å². The van der Waals surface area contributed by atoms with E-state index in [4.69, 9.17) is 10.8 Å². The largest absolute Gasteiger partial charge is 0.480 e. The van der Waals surface area contributed by atoms with Crippen LogP contribution in [-0.4, -0.2) is 44.8 Å². The average Bonchev–Trinajstić information content (AvgIpc) is 2.62. The van der Waals surface area contributed by atoms with Gasteiger partial charge in [-0.2, -0.15) is 16.9 Å². The number of nitrogens with zero attached hydrogens (tertiary/aromatic N) is 2. The number of nitrogens with one attached hydrogen (secondary N) is 1. The number of aliphatic carboxylic acids is 1. The monoisotopic (exact) mass is 286 g/mol. The molecule has 0 radical (unpaired) electrons. The zero-order valence-electron chi connectivity index (χ0n) is 10.9. The van der Waals surface area contributed by atoms with Gasteiger partial charge in [-0.1, -0.05) is 0 Å². The number of hydrogen-bond donors (Lipinski definition) is 3. The Balaban J connectivity index is 2.57. The summed E-state index contributed by atoms with van der Waals surface area (Å²) in [6.45, 7) is 1.69. The molecule has 1 amide bonds. The third-order valence-corrected chi connectivity index (χ3v) is 3.11. The first kappa shape index (κ1) is 15.4. The van der Waals surface area contributed by atoms with Gasteiger partial charge < -0.3 is 16.2 Å². The highest BCUT2D eigenvalue weighted by atomic mass is 32.2. The van der Waals surface area contributed by atoms with Gasteiger partial charge in [0.05, 0.1) is 5.69 Å². The molecule has 1 heterocycles. The third-order valence-electron chi connectivity index (χ3n) is 2.47. The first-order chi connectivity index (χ1) is 8.93. The van der Waals surface area contributed by atoms with Crippen molar-refractivity contribution in [3.05, 3.63) is 11.8 Å². The summed E-state index contributed by atoms with van der Waals surface area (Å²) in [5, 5.41) is 15.5. The van der Waals surface area contributed by atoms with Crippen LogP contribution in [0, 0.1) is 6.92 Å². The summed E-state index contributed by atoms with van der Waals surface area (Å²) in [4.78, 5) is 22.7. The average molecular weight is 286 g/mol. The highest BCUT2D eigenvalue weighted by molar-refractivity contribution is 7.98. The van der Waals surface area contributed by atoms with Crippen LogP contribution in [0.4, 0.5) is 5.82 Å². The van der Waals surface area contributed by atoms with Crippen molar-refractivity contribution in [2.75, 3.05) is 17.7 Å². The van der Waals surface area contributed by atoms with Gasteiger partial charge in [-0.25, -0.2) is 9.48 Å². The Morgan fingerprint density at radius 2 is 2.32 bits per heavy atom. The van der Waals surface area contributed by atoms with E-state index < -0.39 is 17.9 Å². The summed E-state index contributed by atoms with van der Waals surface area (Å²) in [6, 6.07) is 0.771. The second kappa shape index (κ2) is 7.03. The molecule has 0 aromatic carbocycles. The van der Waals surface area contributed by atoms with Gasteiger partial charge in [-0.15, -0.1) is 0 Å². The minimum absolute atomic E-state index is 0.0806. The zero-order valence-corrected chi connectivity index (χ0v) is 11.7. The number of carboxylic acids is 1. The third kappa shape index (κ3) is 4.82. The standard InChI is InChI=1S/C11H18N4O3S/c1-7-5-9(12)15(14-7)6-10(16)13-8(11(17)18)3-4-19-2/h5,8H,3-4,6,12H2,1-2H3,(H,13,16)(H,17,18). The molecule has 8 heteroatoms. The summed E-state index contributed by atoms with van der Waals surface area (Å²) < 4.78 is 1.35. The molecule has 0 saturated heterocycles. The van der Waals surface area contributed by atoms with E-state index in [2.05, 4.69) is 10.4 Å². The van der Waals surface area contributed by atoms with E-state index >= 15 is 0 Å². The second-order valence-electron chi connectivity index (χ2n) is 4.11. The van der Waals surface area contributed by atoms with Crippen LogP contribution in [0.2, 0.25) is 0 Å². The molecular formula is C11H18N4O3S. The van der Waals surface area contributed by atoms with Gasteiger partial charge >= 0.3 is 5.97 Å². The fourth-order valence-electron chi connectivity index (χ4n) is 1.56. The fraction of sp³-hybridized carbons (Fsp3) is 0.545. The molecule has 106 valence electrons. The Bertz CT molecular complexity index is 461. The number of rotatable bonds is 7. The number of carbonyl (C=O) groups excluding carboxylic acids is 1. The highest BCUT2D eigenvalue weighted by Gasteiger charge is 2.19. The van der Waals surface area contributed by atoms with Crippen LogP contribution < -0.4 is 11.1 Å². The van der Waals surface area contributed by atoms with Crippen LogP contribution in [0.3, 0.4) is 0 Å². The SMILES string of the molecule is CSCCC(NC(=O)Cn1nc(C)cc1N)C(=O)O. The molecule has 0 aliphatic rings. The van der Waals surface area contributed by atoms with E-state index in [9.17, 15) is 9.59 Å². The molecule has 0 bridgehead atoms. The maximum atomic E-state index is 11.8. The minimum Gasteiger partial charge on any atom is -0.480 e. The van der Waals surface area contributed by atoms with Crippen LogP contribution in [0.5, 0.6) is 0 Å². The number of anilines is 1. The Hall–Kier alpha value is -1.70. The maximum absolute atomic E-state index is 11.8. The predicted molar refractivity (Wildman–Crippen MR) is 73.9 cm³/mol. The lowest BCUT2D eigenvalue weighted by Gasteiger charge is -2.14. The fourth-order valence-corrected chi connectivity index (χ4v) is 2.03. The van der Waals surface area contributed by atoms with E-state index in [0.29, 0.717) is 23.7 Å². The molecule has 0 fully saturated rings. The van der Waals surface area contributed by atoms with Gasteiger partial charge in [0.15, 0.2) is 0 Å². The molecule has 1 aromatic rings. The molecule has 0 spiro atoms. The smallest absolute Gasteiger partial charge is 0.326 e. The Labute approximate surface area is 115 Å². The number of carboxylic acid groups (broad SMARTS) is 1. The first-order valence-electron chi connectivity index (χ1n) is 5.75. The van der Waals surface area contributed by atoms with E-state index in [-0.39, 0.29) is 6.54 Å². The summed E-state index contributed by atoms with van der Waals surface area (Å²) in [7, 11) is 0. The number of nitrogen functional groups attached to an aromatic ring is 1. The molecular weight excluding hydrogens is 268 g/mol. The van der Waals surface area contributed by atoms with Gasteiger partial charge in [0.1, 0.15) is 18.4 Å². The lowest BCUT2D eigenvalue weighted by atomic mass is 10.2. The Kier molecular flexibility index (Phi) is 5.68. The quantitative estimate of drug-likeness (QED) is 0.655. The van der Waals surface area contributed by atoms with Crippen molar-refractivity contribution >= 4 is 29.5 Å². The van der Waals surface area contributed by atoms with Gasteiger partial charge in [-0.3, -0.25) is 4.79 Å². The summed E-state index contributed by atoms with van der Waals surface area (Å²) in [5.41, 5.74) is 6.37. The van der Waals surface area contributed by atoms with Gasteiger partial charge in [0.25, 0.3) is 0 Å². The summed E-state index contributed by atoms with van der Waals surface area (Å²) in [6.07, 6.45) is 2.27. The lowest BCUT2D eigenvalue weighted by molar-refractivity contribution is -0.142. The topological polar surface area (TPSA) is 110 Å². The molecule has 0 saturated carbocycles. The molecule has 4 N–H and O–H groups in total. The van der Waals surface area contributed by atoms with Crippen molar-refractivity contribution < 1.29 is 14.7 Å². The molecule has 1 rings (SSSR count). The van der Waals surface area contributed by atoms with Crippen molar-refractivity contribution in [1.82, 2.24) is 15.1 Å². The normalized spacial score (nSPS) is 12.1. The highest BCUT2D eigenvalue weighted by Crippen LogP contribution is 2.05. The van der Waals surface area contributed by atoms with Crippen molar-refractivity contribution in [1.29, 1.82) is 0 Å². The number of nitrogens with two attached hydrogens (primary N) is 1. The summed E-state index contributed by atoms with van der Waals surface area (Å²) >= 11 is 1.53. The van der Waals surface area contributed by atoms with Crippen molar-refractivity contribution in [3.8, 4) is 0 Å². The lowest BCUT2D eigenvalue weighted by Crippen LogP contribution is -2.42. The van der Waals surface area contributed by atoms with Crippen molar-refractivity contribution in [2.24, 2.45) is 0 Å². The number of aryl methyl sites for hydroxylation is 1. The second-order valence-corrected chi connectivity index (χ2v) is 5.09. The number of hydrogen-bond acceptors (Lipinski definition) is 5. The molecule has 7 nitrogen and oxygen atoms in total. The maximum Gasteiger partial charge on any atom is 0.326 e. The Morgan fingerprint density at radius 1 is 1.63 bits per heavy atom. The van der Waals surface area contributed by atoms with Crippen LogP contribution in [0.15, 0.2) is 6.07 Å².